The lowest BCUT2D eigenvalue weighted by atomic mass is 9.98. The largest absolute Gasteiger partial charge is 0.416 e. The fourth-order valence-corrected chi connectivity index (χ4v) is 2.16. The van der Waals surface area contributed by atoms with E-state index in [4.69, 9.17) is 11.6 Å². The predicted octanol–water partition coefficient (Wildman–Crippen LogP) is 5.09. The molecule has 2 aromatic carbocycles. The van der Waals surface area contributed by atoms with Gasteiger partial charge in [-0.1, -0.05) is 29.8 Å². The molecule has 110 valence electrons. The second-order valence-electron chi connectivity index (χ2n) is 4.75. The summed E-state index contributed by atoms with van der Waals surface area (Å²) in [5.41, 5.74) is 1.09. The molecular weight excluding hydrogens is 301 g/mol. The molecule has 0 aliphatic rings. The van der Waals surface area contributed by atoms with Gasteiger partial charge in [0.1, 0.15) is 0 Å². The van der Waals surface area contributed by atoms with Crippen LogP contribution in [0.25, 0.3) is 0 Å². The molecule has 0 aliphatic heterocycles. The molecule has 0 fully saturated rings. The average molecular weight is 313 g/mol. The van der Waals surface area contributed by atoms with E-state index < -0.39 is 11.7 Å². The summed E-state index contributed by atoms with van der Waals surface area (Å²) in [7, 11) is 0. The summed E-state index contributed by atoms with van der Waals surface area (Å²) in [6.07, 6.45) is -4.33. The number of alkyl halides is 3. The van der Waals surface area contributed by atoms with Crippen molar-refractivity contribution in [2.75, 3.05) is 0 Å². The van der Waals surface area contributed by atoms with Gasteiger partial charge in [0, 0.05) is 17.0 Å². The number of ketones is 1. The van der Waals surface area contributed by atoms with E-state index in [1.165, 1.54) is 12.1 Å². The molecule has 5 heteroatoms. The van der Waals surface area contributed by atoms with E-state index in [9.17, 15) is 18.0 Å². The van der Waals surface area contributed by atoms with E-state index in [-0.39, 0.29) is 12.2 Å². The molecule has 0 atom stereocenters. The van der Waals surface area contributed by atoms with Crippen LogP contribution in [0.1, 0.15) is 27.0 Å². The Balaban J connectivity index is 2.18. The van der Waals surface area contributed by atoms with Gasteiger partial charge in [-0.25, -0.2) is 0 Å². The molecule has 0 amide bonds. The van der Waals surface area contributed by atoms with Gasteiger partial charge in [-0.05, 0) is 42.3 Å². The average Bonchev–Trinajstić information content (AvgIpc) is 2.41. The van der Waals surface area contributed by atoms with Crippen LogP contribution in [0.15, 0.2) is 42.5 Å². The molecule has 0 spiro atoms. The number of hydrogen-bond donors (Lipinski definition) is 0. The van der Waals surface area contributed by atoms with Crippen molar-refractivity contribution in [2.45, 2.75) is 19.5 Å². The van der Waals surface area contributed by atoms with Gasteiger partial charge < -0.3 is 0 Å². The smallest absolute Gasteiger partial charge is 0.294 e. The third-order valence-corrected chi connectivity index (χ3v) is 3.38. The molecule has 21 heavy (non-hydrogen) atoms. The first-order valence-electron chi connectivity index (χ1n) is 6.23. The van der Waals surface area contributed by atoms with Gasteiger partial charge in [-0.2, -0.15) is 13.2 Å². The van der Waals surface area contributed by atoms with Crippen LogP contribution in [0.4, 0.5) is 13.2 Å². The molecule has 0 N–H and O–H groups in total. The number of carbonyl (C=O) groups excluding carboxylic acids is 1. The van der Waals surface area contributed by atoms with Crippen molar-refractivity contribution in [3.63, 3.8) is 0 Å². The maximum absolute atomic E-state index is 12.5. The Hall–Kier alpha value is -1.81. The number of hydrogen-bond acceptors (Lipinski definition) is 1. The van der Waals surface area contributed by atoms with E-state index >= 15 is 0 Å². The van der Waals surface area contributed by atoms with Crippen LogP contribution in [0.2, 0.25) is 5.02 Å². The van der Waals surface area contributed by atoms with Gasteiger partial charge in [-0.3, -0.25) is 4.79 Å². The SMILES string of the molecule is Cc1ccc(Cl)cc1C(=O)Cc1ccc(C(F)(F)F)cc1. The first-order chi connectivity index (χ1) is 9.77. The molecule has 2 rings (SSSR count). The normalized spacial score (nSPS) is 11.5. The highest BCUT2D eigenvalue weighted by Crippen LogP contribution is 2.29. The Bertz CT molecular complexity index is 660. The van der Waals surface area contributed by atoms with Crippen molar-refractivity contribution in [3.8, 4) is 0 Å². The summed E-state index contributed by atoms with van der Waals surface area (Å²) in [6.45, 7) is 1.79. The highest BCUT2D eigenvalue weighted by atomic mass is 35.5. The number of carbonyl (C=O) groups is 1. The van der Waals surface area contributed by atoms with Gasteiger partial charge in [0.05, 0.1) is 5.56 Å². The van der Waals surface area contributed by atoms with Crippen LogP contribution in [0, 0.1) is 6.92 Å². The van der Waals surface area contributed by atoms with E-state index in [1.807, 2.05) is 0 Å². The summed E-state index contributed by atoms with van der Waals surface area (Å²) in [5, 5.41) is 0.455. The van der Waals surface area contributed by atoms with Gasteiger partial charge >= 0.3 is 6.18 Å². The highest BCUT2D eigenvalue weighted by molar-refractivity contribution is 6.31. The molecule has 0 aliphatic carbocycles. The van der Waals surface area contributed by atoms with Crippen molar-refractivity contribution in [1.29, 1.82) is 0 Å². The summed E-state index contributed by atoms with van der Waals surface area (Å²) >= 11 is 5.86. The minimum Gasteiger partial charge on any atom is -0.294 e. The molecule has 0 radical (unpaired) electrons. The lowest BCUT2D eigenvalue weighted by molar-refractivity contribution is -0.137. The quantitative estimate of drug-likeness (QED) is 0.721. The summed E-state index contributed by atoms with van der Waals surface area (Å²) in [4.78, 5) is 12.2. The number of rotatable bonds is 3. The van der Waals surface area contributed by atoms with Crippen molar-refractivity contribution >= 4 is 17.4 Å². The molecule has 0 heterocycles. The predicted molar refractivity (Wildman–Crippen MR) is 75.7 cm³/mol. The van der Waals surface area contributed by atoms with Crippen molar-refractivity contribution in [3.05, 3.63) is 69.7 Å². The van der Waals surface area contributed by atoms with E-state index in [0.29, 0.717) is 16.1 Å². The van der Waals surface area contributed by atoms with Gasteiger partial charge in [0.25, 0.3) is 0 Å². The van der Waals surface area contributed by atoms with Crippen molar-refractivity contribution in [1.82, 2.24) is 0 Å². The summed E-state index contributed by atoms with van der Waals surface area (Å²) in [5.74, 6) is -0.172. The minimum atomic E-state index is -4.37. The van der Waals surface area contributed by atoms with E-state index in [2.05, 4.69) is 0 Å². The molecule has 0 bridgehead atoms. The Labute approximate surface area is 125 Å². The molecule has 0 saturated carbocycles. The number of benzene rings is 2. The van der Waals surface area contributed by atoms with Crippen LogP contribution in [-0.4, -0.2) is 5.78 Å². The monoisotopic (exact) mass is 312 g/mol. The molecule has 1 nitrogen and oxygen atoms in total. The lowest BCUT2D eigenvalue weighted by Gasteiger charge is -2.08. The second kappa shape index (κ2) is 5.90. The van der Waals surface area contributed by atoms with Crippen LogP contribution in [0.3, 0.4) is 0 Å². The first-order valence-corrected chi connectivity index (χ1v) is 6.60. The number of halogens is 4. The fraction of sp³-hybridized carbons (Fsp3) is 0.188. The Morgan fingerprint density at radius 1 is 1.10 bits per heavy atom. The third kappa shape index (κ3) is 3.85. The summed E-state index contributed by atoms with van der Waals surface area (Å²) < 4.78 is 37.4. The van der Waals surface area contributed by atoms with Crippen LogP contribution in [0.5, 0.6) is 0 Å². The first kappa shape index (κ1) is 15.6. The van der Waals surface area contributed by atoms with Crippen LogP contribution in [-0.2, 0) is 12.6 Å². The Kier molecular flexibility index (Phi) is 4.37. The van der Waals surface area contributed by atoms with Crippen LogP contribution < -0.4 is 0 Å². The zero-order chi connectivity index (χ0) is 15.6. The zero-order valence-electron chi connectivity index (χ0n) is 11.2. The maximum Gasteiger partial charge on any atom is 0.416 e. The Morgan fingerprint density at radius 2 is 1.71 bits per heavy atom. The van der Waals surface area contributed by atoms with Gasteiger partial charge in [0.15, 0.2) is 5.78 Å². The molecule has 0 aromatic heterocycles. The topological polar surface area (TPSA) is 17.1 Å². The molecular formula is C16H12ClF3O. The fourth-order valence-electron chi connectivity index (χ4n) is 1.99. The second-order valence-corrected chi connectivity index (χ2v) is 5.19. The van der Waals surface area contributed by atoms with Crippen molar-refractivity contribution < 1.29 is 18.0 Å². The molecule has 0 saturated heterocycles. The van der Waals surface area contributed by atoms with Gasteiger partial charge in [-0.15, -0.1) is 0 Å². The van der Waals surface area contributed by atoms with E-state index in [0.717, 1.165) is 17.7 Å². The standard InChI is InChI=1S/C16H12ClF3O/c1-10-2-7-13(17)9-14(10)15(21)8-11-3-5-12(6-4-11)16(18,19)20/h2-7,9H,8H2,1H3. The molecule has 2 aromatic rings. The molecule has 0 unspecified atom stereocenters. The Morgan fingerprint density at radius 3 is 2.29 bits per heavy atom. The maximum atomic E-state index is 12.5. The number of aryl methyl sites for hydroxylation is 1. The lowest BCUT2D eigenvalue weighted by Crippen LogP contribution is -2.07. The summed E-state index contributed by atoms with van der Waals surface area (Å²) in [6, 6.07) is 9.60. The number of Topliss-reactive ketones (excluding diaryl/α,β-unsaturated/α-hetero) is 1. The van der Waals surface area contributed by atoms with Gasteiger partial charge in [0.2, 0.25) is 0 Å². The zero-order valence-corrected chi connectivity index (χ0v) is 11.9. The van der Waals surface area contributed by atoms with Crippen molar-refractivity contribution in [2.24, 2.45) is 0 Å². The van der Waals surface area contributed by atoms with E-state index in [1.54, 1.807) is 25.1 Å². The van der Waals surface area contributed by atoms with Crippen LogP contribution >= 0.6 is 11.6 Å². The minimum absolute atomic E-state index is 0.0410. The highest BCUT2D eigenvalue weighted by Gasteiger charge is 2.30. The third-order valence-electron chi connectivity index (χ3n) is 3.15.